The summed E-state index contributed by atoms with van der Waals surface area (Å²) in [6.07, 6.45) is 0.391. The molecule has 2 amide bonds. The van der Waals surface area contributed by atoms with E-state index >= 15 is 0 Å². The number of benzene rings is 1. The lowest BCUT2D eigenvalue weighted by Gasteiger charge is -2.36. The van der Waals surface area contributed by atoms with Gasteiger partial charge in [-0.25, -0.2) is 0 Å². The van der Waals surface area contributed by atoms with Crippen molar-refractivity contribution in [2.45, 2.75) is 46.3 Å². The first kappa shape index (κ1) is 17.0. The summed E-state index contributed by atoms with van der Waals surface area (Å²) in [4.78, 5) is 28.9. The molecule has 2 saturated heterocycles. The lowest BCUT2D eigenvalue weighted by atomic mass is 10.1. The van der Waals surface area contributed by atoms with E-state index in [1.165, 1.54) is 5.56 Å². The third-order valence-corrected chi connectivity index (χ3v) is 5.01. The fraction of sp³-hybridized carbons (Fsp3) is 0.579. The number of amides is 2. The number of morpholine rings is 1. The number of anilines is 1. The van der Waals surface area contributed by atoms with E-state index in [0.717, 1.165) is 11.3 Å². The Balaban J connectivity index is 1.72. The van der Waals surface area contributed by atoms with Gasteiger partial charge in [0.15, 0.2) is 0 Å². The van der Waals surface area contributed by atoms with Gasteiger partial charge in [0.2, 0.25) is 11.8 Å². The Hall–Kier alpha value is -1.88. The van der Waals surface area contributed by atoms with Gasteiger partial charge in [0.1, 0.15) is 0 Å². The average Bonchev–Trinajstić information content (AvgIpc) is 2.90. The summed E-state index contributed by atoms with van der Waals surface area (Å²) in [6, 6.07) is 6.02. The Bertz CT molecular complexity index is 648. The summed E-state index contributed by atoms with van der Waals surface area (Å²) in [7, 11) is 0. The van der Waals surface area contributed by atoms with E-state index in [2.05, 4.69) is 6.92 Å². The lowest BCUT2D eigenvalue weighted by Crippen LogP contribution is -2.50. The molecule has 3 rings (SSSR count). The van der Waals surface area contributed by atoms with Crippen LogP contribution in [0.2, 0.25) is 0 Å². The monoisotopic (exact) mass is 330 g/mol. The molecule has 3 atom stereocenters. The SMILES string of the molecule is Cc1ccc(N2C[C@H](C(=O)N3C[C@@H](C)O[C@H](C)C3)CC2=O)cc1C. The largest absolute Gasteiger partial charge is 0.372 e. The molecule has 2 fully saturated rings. The molecule has 2 heterocycles. The zero-order valence-corrected chi connectivity index (χ0v) is 14.9. The second kappa shape index (κ2) is 6.55. The quantitative estimate of drug-likeness (QED) is 0.836. The highest BCUT2D eigenvalue weighted by molar-refractivity contribution is 6.00. The standard InChI is InChI=1S/C19H26N2O3/c1-12-5-6-17(7-13(12)2)21-11-16(8-18(21)22)19(23)20-9-14(3)24-15(4)10-20/h5-7,14-16H,8-11H2,1-4H3/t14-,15-,16-/m1/s1. The van der Waals surface area contributed by atoms with E-state index in [0.29, 0.717) is 26.1 Å². The molecule has 0 N–H and O–H groups in total. The van der Waals surface area contributed by atoms with E-state index in [1.54, 1.807) is 4.90 Å². The number of carbonyl (C=O) groups is 2. The molecule has 1 aromatic rings. The summed E-state index contributed by atoms with van der Waals surface area (Å²) in [5, 5.41) is 0. The molecule has 0 bridgehead atoms. The Morgan fingerprint density at radius 2 is 1.75 bits per heavy atom. The van der Waals surface area contributed by atoms with Crippen molar-refractivity contribution in [2.75, 3.05) is 24.5 Å². The number of nitrogens with zero attached hydrogens (tertiary/aromatic N) is 2. The van der Waals surface area contributed by atoms with E-state index in [-0.39, 0.29) is 29.9 Å². The van der Waals surface area contributed by atoms with Crippen molar-refractivity contribution in [3.05, 3.63) is 29.3 Å². The van der Waals surface area contributed by atoms with Gasteiger partial charge in [-0.05, 0) is 51.0 Å². The Labute approximate surface area is 143 Å². The maximum atomic E-state index is 12.8. The molecule has 5 heteroatoms. The van der Waals surface area contributed by atoms with Gasteiger partial charge in [-0.1, -0.05) is 6.07 Å². The average molecular weight is 330 g/mol. The molecule has 5 nitrogen and oxygen atoms in total. The molecule has 0 aliphatic carbocycles. The number of hydrogen-bond acceptors (Lipinski definition) is 3. The van der Waals surface area contributed by atoms with Gasteiger partial charge in [0.25, 0.3) is 0 Å². The van der Waals surface area contributed by atoms with Crippen LogP contribution in [0.4, 0.5) is 5.69 Å². The number of ether oxygens (including phenoxy) is 1. The minimum absolute atomic E-state index is 0.0333. The molecule has 1 aromatic carbocycles. The zero-order chi connectivity index (χ0) is 17.4. The number of aryl methyl sites for hydroxylation is 2. The molecule has 24 heavy (non-hydrogen) atoms. The first-order chi connectivity index (χ1) is 11.3. The van der Waals surface area contributed by atoms with Crippen molar-refractivity contribution < 1.29 is 14.3 Å². The van der Waals surface area contributed by atoms with E-state index < -0.39 is 0 Å². The smallest absolute Gasteiger partial charge is 0.228 e. The fourth-order valence-electron chi connectivity index (χ4n) is 3.63. The Morgan fingerprint density at radius 1 is 1.08 bits per heavy atom. The minimum atomic E-state index is -0.253. The molecule has 0 unspecified atom stereocenters. The van der Waals surface area contributed by atoms with Crippen molar-refractivity contribution in [3.8, 4) is 0 Å². The van der Waals surface area contributed by atoms with Crippen LogP contribution >= 0.6 is 0 Å². The van der Waals surface area contributed by atoms with Gasteiger partial charge in [-0.3, -0.25) is 9.59 Å². The molecule has 130 valence electrons. The van der Waals surface area contributed by atoms with Crippen LogP contribution in [0, 0.1) is 19.8 Å². The predicted octanol–water partition coefficient (Wildman–Crippen LogP) is 2.29. The van der Waals surface area contributed by atoms with Gasteiger partial charge in [-0.2, -0.15) is 0 Å². The Kier molecular flexibility index (Phi) is 4.63. The van der Waals surface area contributed by atoms with Crippen molar-refractivity contribution in [1.82, 2.24) is 4.90 Å². The van der Waals surface area contributed by atoms with Gasteiger partial charge < -0.3 is 14.5 Å². The summed E-state index contributed by atoms with van der Waals surface area (Å²) in [6.45, 7) is 9.75. The summed E-state index contributed by atoms with van der Waals surface area (Å²) in [5.74, 6) is -0.140. The first-order valence-electron chi connectivity index (χ1n) is 8.67. The van der Waals surface area contributed by atoms with Crippen LogP contribution in [0.3, 0.4) is 0 Å². The third kappa shape index (κ3) is 3.31. The number of rotatable bonds is 2. The summed E-state index contributed by atoms with van der Waals surface area (Å²) >= 11 is 0. The van der Waals surface area contributed by atoms with E-state index in [4.69, 9.17) is 4.74 Å². The third-order valence-electron chi connectivity index (χ3n) is 5.01. The van der Waals surface area contributed by atoms with Crippen LogP contribution in [0.25, 0.3) is 0 Å². The highest BCUT2D eigenvalue weighted by atomic mass is 16.5. The lowest BCUT2D eigenvalue weighted by molar-refractivity contribution is -0.147. The van der Waals surface area contributed by atoms with Crippen molar-refractivity contribution in [3.63, 3.8) is 0 Å². The maximum absolute atomic E-state index is 12.8. The van der Waals surface area contributed by atoms with Crippen LogP contribution in [0.1, 0.15) is 31.4 Å². The first-order valence-corrected chi connectivity index (χ1v) is 8.67. The van der Waals surface area contributed by atoms with Gasteiger partial charge in [-0.15, -0.1) is 0 Å². The fourth-order valence-corrected chi connectivity index (χ4v) is 3.63. The maximum Gasteiger partial charge on any atom is 0.228 e. The second-order valence-corrected chi connectivity index (χ2v) is 7.17. The molecular formula is C19H26N2O3. The Morgan fingerprint density at radius 3 is 2.38 bits per heavy atom. The van der Waals surface area contributed by atoms with Crippen LogP contribution in [0.5, 0.6) is 0 Å². The molecule has 0 radical (unpaired) electrons. The van der Waals surface area contributed by atoms with Crippen molar-refractivity contribution in [2.24, 2.45) is 5.92 Å². The molecular weight excluding hydrogens is 304 g/mol. The topological polar surface area (TPSA) is 49.9 Å². The van der Waals surface area contributed by atoms with Crippen LogP contribution in [0.15, 0.2) is 18.2 Å². The van der Waals surface area contributed by atoms with Crippen molar-refractivity contribution >= 4 is 17.5 Å². The molecule has 0 aromatic heterocycles. The van der Waals surface area contributed by atoms with Crippen LogP contribution in [-0.2, 0) is 14.3 Å². The highest BCUT2D eigenvalue weighted by Crippen LogP contribution is 2.28. The molecule has 0 spiro atoms. The normalized spacial score (nSPS) is 27.7. The summed E-state index contributed by atoms with van der Waals surface area (Å²) in [5.41, 5.74) is 3.25. The molecule has 2 aliphatic rings. The highest BCUT2D eigenvalue weighted by Gasteiger charge is 2.38. The number of carbonyl (C=O) groups excluding carboxylic acids is 2. The van der Waals surface area contributed by atoms with Crippen LogP contribution in [-0.4, -0.2) is 48.6 Å². The number of hydrogen-bond donors (Lipinski definition) is 0. The van der Waals surface area contributed by atoms with E-state index in [1.807, 2.05) is 43.9 Å². The van der Waals surface area contributed by atoms with Crippen LogP contribution < -0.4 is 4.90 Å². The second-order valence-electron chi connectivity index (χ2n) is 7.17. The predicted molar refractivity (Wildman–Crippen MR) is 93.0 cm³/mol. The zero-order valence-electron chi connectivity index (χ0n) is 14.9. The molecule has 2 aliphatic heterocycles. The minimum Gasteiger partial charge on any atom is -0.372 e. The summed E-state index contributed by atoms with van der Waals surface area (Å²) < 4.78 is 5.69. The van der Waals surface area contributed by atoms with E-state index in [9.17, 15) is 9.59 Å². The van der Waals surface area contributed by atoms with Gasteiger partial charge >= 0.3 is 0 Å². The van der Waals surface area contributed by atoms with Crippen molar-refractivity contribution in [1.29, 1.82) is 0 Å². The van der Waals surface area contributed by atoms with Gasteiger partial charge in [0, 0.05) is 31.7 Å². The van der Waals surface area contributed by atoms with Gasteiger partial charge in [0.05, 0.1) is 18.1 Å². The molecule has 0 saturated carbocycles.